The van der Waals surface area contributed by atoms with Crippen molar-refractivity contribution >= 4 is 35.3 Å². The van der Waals surface area contributed by atoms with E-state index in [4.69, 9.17) is 37.4 Å². The van der Waals surface area contributed by atoms with Crippen LogP contribution in [0.4, 0.5) is 4.39 Å². The van der Waals surface area contributed by atoms with Gasteiger partial charge in [0.15, 0.2) is 17.2 Å². The van der Waals surface area contributed by atoms with E-state index in [-0.39, 0.29) is 28.2 Å². The molecule has 0 heterocycles. The number of amides is 1. The van der Waals surface area contributed by atoms with Crippen molar-refractivity contribution in [2.24, 2.45) is 5.10 Å². The Balaban J connectivity index is 1.65. The summed E-state index contributed by atoms with van der Waals surface area (Å²) >= 11 is 12.6. The van der Waals surface area contributed by atoms with Crippen LogP contribution in [0.5, 0.6) is 17.2 Å². The lowest BCUT2D eigenvalue weighted by Crippen LogP contribution is -2.17. The molecular formula is C26H23Cl2FN2O4. The van der Waals surface area contributed by atoms with Gasteiger partial charge in [-0.2, -0.15) is 5.10 Å². The van der Waals surface area contributed by atoms with Gasteiger partial charge in [0.1, 0.15) is 19.0 Å². The number of nitrogens with zero attached hydrogens (tertiary/aromatic N) is 1. The van der Waals surface area contributed by atoms with E-state index in [0.717, 1.165) is 0 Å². The molecule has 1 N–H and O–H groups in total. The minimum absolute atomic E-state index is 0.0991. The molecule has 6 nitrogen and oxygen atoms in total. The van der Waals surface area contributed by atoms with Crippen LogP contribution in [0, 0.1) is 5.82 Å². The van der Waals surface area contributed by atoms with Crippen molar-refractivity contribution in [3.8, 4) is 17.2 Å². The predicted octanol–water partition coefficient (Wildman–Crippen LogP) is 6.44. The number of hydrogen-bond donors (Lipinski definition) is 1. The van der Waals surface area contributed by atoms with Gasteiger partial charge in [0.2, 0.25) is 0 Å². The molecule has 0 aromatic heterocycles. The molecule has 0 fully saturated rings. The zero-order chi connectivity index (χ0) is 25.2. The Morgan fingerprint density at radius 1 is 1.06 bits per heavy atom. The van der Waals surface area contributed by atoms with Crippen LogP contribution < -0.4 is 19.6 Å². The highest BCUT2D eigenvalue weighted by molar-refractivity contribution is 6.37. The summed E-state index contributed by atoms with van der Waals surface area (Å²) in [6.07, 6.45) is 3.02. The third kappa shape index (κ3) is 7.47. The average Bonchev–Trinajstić information content (AvgIpc) is 2.83. The molecule has 3 rings (SSSR count). The molecule has 0 saturated carbocycles. The number of carbonyl (C=O) groups excluding carboxylic acids is 1. The monoisotopic (exact) mass is 516 g/mol. The lowest BCUT2D eigenvalue weighted by atomic mass is 10.2. The van der Waals surface area contributed by atoms with E-state index >= 15 is 0 Å². The summed E-state index contributed by atoms with van der Waals surface area (Å²) in [5.41, 5.74) is 3.97. The van der Waals surface area contributed by atoms with Gasteiger partial charge >= 0.3 is 0 Å². The lowest BCUT2D eigenvalue weighted by molar-refractivity contribution is 0.0954. The maximum Gasteiger partial charge on any atom is 0.271 e. The fourth-order valence-electron chi connectivity index (χ4n) is 2.99. The van der Waals surface area contributed by atoms with Crippen LogP contribution in [-0.2, 0) is 6.61 Å². The summed E-state index contributed by atoms with van der Waals surface area (Å²) in [5, 5.41) is 4.47. The van der Waals surface area contributed by atoms with Crippen molar-refractivity contribution in [1.29, 1.82) is 0 Å². The first-order valence-electron chi connectivity index (χ1n) is 10.6. The Kier molecular flexibility index (Phi) is 9.52. The van der Waals surface area contributed by atoms with Crippen LogP contribution in [0.3, 0.4) is 0 Å². The predicted molar refractivity (Wildman–Crippen MR) is 136 cm³/mol. The summed E-state index contributed by atoms with van der Waals surface area (Å²) in [4.78, 5) is 12.5. The quantitative estimate of drug-likeness (QED) is 0.181. The fourth-order valence-corrected chi connectivity index (χ4v) is 3.60. The van der Waals surface area contributed by atoms with Gasteiger partial charge in [0, 0.05) is 5.56 Å². The largest absolute Gasteiger partial charge is 0.490 e. The first-order chi connectivity index (χ1) is 16.9. The summed E-state index contributed by atoms with van der Waals surface area (Å²) in [5.74, 6) is 0.419. The normalized spacial score (nSPS) is 10.7. The molecule has 0 bridgehead atoms. The third-order valence-electron chi connectivity index (χ3n) is 4.53. The number of hydrazone groups is 1. The van der Waals surface area contributed by atoms with Crippen LogP contribution >= 0.6 is 23.2 Å². The van der Waals surface area contributed by atoms with E-state index in [9.17, 15) is 9.18 Å². The number of nitrogens with one attached hydrogen (secondary N) is 1. The van der Waals surface area contributed by atoms with Gasteiger partial charge in [0.25, 0.3) is 5.91 Å². The molecule has 0 saturated heterocycles. The second-order valence-corrected chi connectivity index (χ2v) is 7.94. The highest BCUT2D eigenvalue weighted by Crippen LogP contribution is 2.34. The minimum Gasteiger partial charge on any atom is -0.490 e. The first kappa shape index (κ1) is 26.1. The highest BCUT2D eigenvalue weighted by atomic mass is 35.5. The molecule has 0 radical (unpaired) electrons. The molecule has 1 amide bonds. The van der Waals surface area contributed by atoms with E-state index in [1.165, 1.54) is 18.3 Å². The average molecular weight is 517 g/mol. The molecule has 0 spiro atoms. The van der Waals surface area contributed by atoms with Crippen LogP contribution in [0.25, 0.3) is 0 Å². The van der Waals surface area contributed by atoms with Gasteiger partial charge in [-0.05, 0) is 60.5 Å². The van der Waals surface area contributed by atoms with Crippen LogP contribution in [0.15, 0.2) is 72.4 Å². The molecule has 3 aromatic rings. The Hall–Kier alpha value is -3.55. The molecular weight excluding hydrogens is 494 g/mol. The van der Waals surface area contributed by atoms with Crippen molar-refractivity contribution in [3.05, 3.63) is 99.8 Å². The summed E-state index contributed by atoms with van der Waals surface area (Å²) in [6.45, 7) is 6.28. The van der Waals surface area contributed by atoms with Crippen LogP contribution in [0.1, 0.15) is 28.4 Å². The SMILES string of the molecule is C=CCOc1ccc(C(=O)N/N=C/c2cc(Cl)c(OCc3cccc(F)c3)c(Cl)c2)cc1OCC. The number of ether oxygens (including phenoxy) is 3. The topological polar surface area (TPSA) is 69.2 Å². The van der Waals surface area contributed by atoms with Crippen molar-refractivity contribution in [2.75, 3.05) is 13.2 Å². The van der Waals surface area contributed by atoms with E-state index in [0.29, 0.717) is 41.4 Å². The van der Waals surface area contributed by atoms with E-state index < -0.39 is 5.91 Å². The molecule has 3 aromatic carbocycles. The Morgan fingerprint density at radius 2 is 1.83 bits per heavy atom. The molecule has 35 heavy (non-hydrogen) atoms. The molecule has 0 aliphatic carbocycles. The first-order valence-corrected chi connectivity index (χ1v) is 11.4. The number of benzene rings is 3. The molecule has 9 heteroatoms. The molecule has 0 aliphatic heterocycles. The smallest absolute Gasteiger partial charge is 0.271 e. The third-order valence-corrected chi connectivity index (χ3v) is 5.10. The van der Waals surface area contributed by atoms with Crippen molar-refractivity contribution in [1.82, 2.24) is 5.43 Å². The lowest BCUT2D eigenvalue weighted by Gasteiger charge is -2.12. The van der Waals surface area contributed by atoms with Gasteiger partial charge in [-0.25, -0.2) is 9.82 Å². The summed E-state index contributed by atoms with van der Waals surface area (Å²) in [6, 6.07) is 14.0. The number of carbonyl (C=O) groups is 1. The van der Waals surface area contributed by atoms with E-state index in [2.05, 4.69) is 17.1 Å². The summed E-state index contributed by atoms with van der Waals surface area (Å²) in [7, 11) is 0. The highest BCUT2D eigenvalue weighted by Gasteiger charge is 2.12. The van der Waals surface area contributed by atoms with Gasteiger partial charge in [-0.15, -0.1) is 0 Å². The van der Waals surface area contributed by atoms with Gasteiger partial charge in [-0.3, -0.25) is 4.79 Å². The zero-order valence-corrected chi connectivity index (χ0v) is 20.4. The van der Waals surface area contributed by atoms with E-state index in [1.807, 2.05) is 6.92 Å². The molecule has 0 aliphatic rings. The fraction of sp³-hybridized carbons (Fsp3) is 0.154. The second-order valence-electron chi connectivity index (χ2n) is 7.13. The number of hydrogen-bond acceptors (Lipinski definition) is 5. The van der Waals surface area contributed by atoms with E-state index in [1.54, 1.807) is 48.5 Å². The maximum atomic E-state index is 13.3. The Morgan fingerprint density at radius 3 is 2.51 bits per heavy atom. The number of rotatable bonds is 11. The van der Waals surface area contributed by atoms with Gasteiger partial charge in [-0.1, -0.05) is 48.0 Å². The Bertz CT molecular complexity index is 1210. The minimum atomic E-state index is -0.440. The standard InChI is InChI=1S/C26H23Cl2FN2O4/c1-3-10-34-23-9-8-19(14-24(23)33-4-2)26(32)31-30-15-18-12-21(27)25(22(28)13-18)35-16-17-6-5-7-20(29)11-17/h3,5-9,11-15H,1,4,10,16H2,2H3,(H,31,32)/b30-15+. The van der Waals surface area contributed by atoms with Crippen LogP contribution in [0.2, 0.25) is 10.0 Å². The Labute approximate surface area is 212 Å². The van der Waals surface area contributed by atoms with Crippen LogP contribution in [-0.4, -0.2) is 25.3 Å². The summed E-state index contributed by atoms with van der Waals surface area (Å²) < 4.78 is 30.1. The molecule has 182 valence electrons. The van der Waals surface area contributed by atoms with Crippen molar-refractivity contribution in [3.63, 3.8) is 0 Å². The molecule has 0 unspecified atom stereocenters. The van der Waals surface area contributed by atoms with Gasteiger partial charge < -0.3 is 14.2 Å². The number of halogens is 3. The maximum absolute atomic E-state index is 13.3. The second kappa shape index (κ2) is 12.8. The van der Waals surface area contributed by atoms with Crippen molar-refractivity contribution < 1.29 is 23.4 Å². The van der Waals surface area contributed by atoms with Gasteiger partial charge in [0.05, 0.1) is 22.9 Å². The van der Waals surface area contributed by atoms with Crippen molar-refractivity contribution in [2.45, 2.75) is 13.5 Å². The zero-order valence-electron chi connectivity index (χ0n) is 18.9. The molecule has 0 atom stereocenters.